The Morgan fingerprint density at radius 2 is 1.10 bits per heavy atom. The Morgan fingerprint density at radius 1 is 0.800 bits per heavy atom. The molecule has 0 bridgehead atoms. The topological polar surface area (TPSA) is 191 Å². The quantitative estimate of drug-likeness (QED) is 0.181. The minimum absolute atomic E-state index is 0.106. The molecule has 114 valence electrons. The van der Waals surface area contributed by atoms with Crippen molar-refractivity contribution in [1.82, 2.24) is 0 Å². The summed E-state index contributed by atoms with van der Waals surface area (Å²) < 4.78 is 8.15. The van der Waals surface area contributed by atoms with E-state index in [-0.39, 0.29) is 11.5 Å². The van der Waals surface area contributed by atoms with E-state index in [0.717, 1.165) is 21.6 Å². The highest BCUT2D eigenvalue weighted by molar-refractivity contribution is 8.76. The van der Waals surface area contributed by atoms with E-state index >= 15 is 0 Å². The second kappa shape index (κ2) is 9.41. The van der Waals surface area contributed by atoms with Crippen molar-refractivity contribution in [2.24, 2.45) is 22.9 Å². The minimum atomic E-state index is -1.24. The average molecular weight is 326 g/mol. The van der Waals surface area contributed by atoms with Crippen LogP contribution >= 0.6 is 21.6 Å². The number of carbonyl (C=O) groups excluding carboxylic acids is 4. The van der Waals surface area contributed by atoms with E-state index in [9.17, 15) is 19.2 Å². The highest BCUT2D eigenvalue weighted by Crippen LogP contribution is 2.22. The molecule has 8 N–H and O–H groups in total. The highest BCUT2D eigenvalue weighted by Gasteiger charge is 2.20. The zero-order valence-corrected chi connectivity index (χ0v) is 11.8. The van der Waals surface area contributed by atoms with Crippen LogP contribution in [0.2, 0.25) is 0 Å². The smallest absolute Gasteiger partial charge is 0.375 e. The second-order valence-corrected chi connectivity index (χ2v) is 5.81. The zero-order valence-electron chi connectivity index (χ0n) is 10.1. The lowest BCUT2D eigenvalue weighted by atomic mass is 10.4. The Kier molecular flexibility index (Phi) is 8.71. The van der Waals surface area contributed by atoms with Crippen molar-refractivity contribution in [2.45, 2.75) is 12.1 Å². The molecule has 12 heteroatoms. The van der Waals surface area contributed by atoms with Gasteiger partial charge in [-0.15, -0.1) is 0 Å². The lowest BCUT2D eigenvalue weighted by molar-refractivity contribution is -0.139. The van der Waals surface area contributed by atoms with Gasteiger partial charge in [0.2, 0.25) is 0 Å². The molecule has 20 heavy (non-hydrogen) atoms. The molecule has 0 heterocycles. The maximum absolute atomic E-state index is 11.1. The van der Waals surface area contributed by atoms with Gasteiger partial charge in [-0.05, 0) is 0 Å². The average Bonchev–Trinajstić information content (AvgIpc) is 2.32. The van der Waals surface area contributed by atoms with Crippen LogP contribution in [0.3, 0.4) is 0 Å². The van der Waals surface area contributed by atoms with Crippen LogP contribution in [0.15, 0.2) is 0 Å². The first-order chi connectivity index (χ1) is 9.23. The molecule has 0 aromatic heterocycles. The molecule has 0 saturated heterocycles. The van der Waals surface area contributed by atoms with Crippen molar-refractivity contribution in [1.29, 1.82) is 0 Å². The third kappa shape index (κ3) is 8.58. The highest BCUT2D eigenvalue weighted by atomic mass is 33.1. The number of ether oxygens (including phenoxy) is 2. The van der Waals surface area contributed by atoms with Crippen molar-refractivity contribution in [3.63, 3.8) is 0 Å². The largest absolute Gasteiger partial charge is 0.412 e. The van der Waals surface area contributed by atoms with Crippen molar-refractivity contribution in [2.75, 3.05) is 11.5 Å². The Labute approximate surface area is 121 Å². The van der Waals surface area contributed by atoms with Crippen molar-refractivity contribution in [3.05, 3.63) is 0 Å². The number of nitrogens with two attached hydrogens (primary N) is 4. The summed E-state index contributed by atoms with van der Waals surface area (Å²) in [6.45, 7) is 0. The lowest BCUT2D eigenvalue weighted by Gasteiger charge is -2.10. The third-order valence-corrected chi connectivity index (χ3v) is 4.06. The van der Waals surface area contributed by atoms with Crippen molar-refractivity contribution >= 4 is 45.7 Å². The first kappa shape index (κ1) is 18.5. The molecule has 0 radical (unpaired) electrons. The first-order valence-corrected chi connectivity index (χ1v) is 7.50. The van der Waals surface area contributed by atoms with E-state index in [4.69, 9.17) is 11.5 Å². The molecule has 0 fully saturated rings. The summed E-state index contributed by atoms with van der Waals surface area (Å²) >= 11 is 0. The van der Waals surface area contributed by atoms with Gasteiger partial charge in [-0.2, -0.15) is 0 Å². The molecule has 0 aliphatic rings. The van der Waals surface area contributed by atoms with Gasteiger partial charge in [0.05, 0.1) is 0 Å². The Balaban J connectivity index is 3.85. The van der Waals surface area contributed by atoms with Gasteiger partial charge in [0.1, 0.15) is 12.1 Å². The fraction of sp³-hybridized carbons (Fsp3) is 0.500. The summed E-state index contributed by atoms with van der Waals surface area (Å²) in [5, 5.41) is 0. The number of esters is 2. The van der Waals surface area contributed by atoms with Crippen LogP contribution < -0.4 is 22.9 Å². The molecule has 0 aliphatic carbocycles. The van der Waals surface area contributed by atoms with Crippen LogP contribution in [0.1, 0.15) is 0 Å². The predicted octanol–water partition coefficient (Wildman–Crippen LogP) is -1.73. The van der Waals surface area contributed by atoms with E-state index in [1.165, 1.54) is 0 Å². The van der Waals surface area contributed by atoms with Crippen molar-refractivity contribution in [3.8, 4) is 0 Å². The zero-order chi connectivity index (χ0) is 15.7. The SMILES string of the molecule is NC(=O)OC(=O)[C@@H](N)CSSC[C@H](N)C(=O)OC(N)=O. The second-order valence-electron chi connectivity index (χ2n) is 3.26. The molecular weight excluding hydrogens is 312 g/mol. The summed E-state index contributed by atoms with van der Waals surface area (Å²) in [4.78, 5) is 42.8. The van der Waals surface area contributed by atoms with E-state index in [1.807, 2.05) is 0 Å². The van der Waals surface area contributed by atoms with Gasteiger partial charge < -0.3 is 32.4 Å². The number of primary amides is 2. The standard InChI is InChI=1S/C8H14N4O6S2/c9-3(5(13)17-7(11)15)1-19-20-2-4(10)6(14)18-8(12)16/h3-4H,1-2,9-10H2,(H2,11,15)(H2,12,16)/t3-,4-/m0/s1. The normalized spacial score (nSPS) is 13.1. The number of rotatable bonds is 7. The minimum Gasteiger partial charge on any atom is -0.375 e. The third-order valence-electron chi connectivity index (χ3n) is 1.59. The summed E-state index contributed by atoms with van der Waals surface area (Å²) in [6, 6.07) is -2.09. The van der Waals surface area contributed by atoms with E-state index in [2.05, 4.69) is 20.9 Å². The maximum atomic E-state index is 11.1. The molecule has 0 rings (SSSR count). The molecule has 0 aliphatic heterocycles. The van der Waals surface area contributed by atoms with Gasteiger partial charge in [0.25, 0.3) is 0 Å². The van der Waals surface area contributed by atoms with Crippen LogP contribution in [0.5, 0.6) is 0 Å². The lowest BCUT2D eigenvalue weighted by Crippen LogP contribution is -2.38. The Bertz CT molecular complexity index is 357. The van der Waals surface area contributed by atoms with Crippen LogP contribution in [-0.2, 0) is 19.1 Å². The van der Waals surface area contributed by atoms with Gasteiger partial charge in [0, 0.05) is 11.5 Å². The number of hydrogen-bond donors (Lipinski definition) is 4. The number of carbonyl (C=O) groups is 4. The number of hydrogen-bond acceptors (Lipinski definition) is 10. The Hall–Kier alpha value is -1.50. The summed E-state index contributed by atoms with van der Waals surface area (Å²) in [5.41, 5.74) is 20.1. The summed E-state index contributed by atoms with van der Waals surface area (Å²) in [5.74, 6) is -1.70. The molecule has 0 unspecified atom stereocenters. The van der Waals surface area contributed by atoms with Gasteiger partial charge in [-0.25, -0.2) is 19.2 Å². The van der Waals surface area contributed by atoms with E-state index in [1.54, 1.807) is 0 Å². The van der Waals surface area contributed by atoms with Crippen LogP contribution in [0.25, 0.3) is 0 Å². The first-order valence-electron chi connectivity index (χ1n) is 5.01. The monoisotopic (exact) mass is 326 g/mol. The van der Waals surface area contributed by atoms with Crippen LogP contribution in [0, 0.1) is 0 Å². The van der Waals surface area contributed by atoms with Gasteiger partial charge in [0.15, 0.2) is 0 Å². The Morgan fingerprint density at radius 3 is 1.35 bits per heavy atom. The maximum Gasteiger partial charge on any atom is 0.412 e. The van der Waals surface area contributed by atoms with Crippen LogP contribution in [0.4, 0.5) is 9.59 Å². The fourth-order valence-corrected chi connectivity index (χ4v) is 2.94. The molecule has 2 amide bonds. The number of amides is 2. The molecule has 0 spiro atoms. The fourth-order valence-electron chi connectivity index (χ4n) is 0.729. The molecular formula is C8H14N4O6S2. The molecule has 10 nitrogen and oxygen atoms in total. The molecule has 0 aromatic rings. The van der Waals surface area contributed by atoms with Gasteiger partial charge in [-0.3, -0.25) is 0 Å². The van der Waals surface area contributed by atoms with E-state index in [0.29, 0.717) is 0 Å². The molecule has 2 atom stereocenters. The summed E-state index contributed by atoms with van der Waals surface area (Å²) in [6.07, 6.45) is -2.47. The molecule has 0 aromatic carbocycles. The summed E-state index contributed by atoms with van der Waals surface area (Å²) in [7, 11) is 2.23. The van der Waals surface area contributed by atoms with Crippen LogP contribution in [-0.4, -0.2) is 47.7 Å². The van der Waals surface area contributed by atoms with Gasteiger partial charge in [-0.1, -0.05) is 21.6 Å². The molecule has 0 saturated carbocycles. The van der Waals surface area contributed by atoms with Gasteiger partial charge >= 0.3 is 24.1 Å². The van der Waals surface area contributed by atoms with Crippen molar-refractivity contribution < 1.29 is 28.7 Å². The predicted molar refractivity (Wildman–Crippen MR) is 72.2 cm³/mol. The van der Waals surface area contributed by atoms with E-state index < -0.39 is 36.2 Å².